The lowest BCUT2D eigenvalue weighted by molar-refractivity contribution is -0.134. The van der Waals surface area contributed by atoms with Crippen LogP contribution in [0.4, 0.5) is 15.8 Å². The van der Waals surface area contributed by atoms with Crippen molar-refractivity contribution in [2.45, 2.75) is 69.7 Å². The van der Waals surface area contributed by atoms with Gasteiger partial charge in [-0.1, -0.05) is 12.1 Å². The fraction of sp³-hybridized carbons (Fsp3) is 0.513. The number of benzene rings is 2. The minimum absolute atomic E-state index is 0.0733. The van der Waals surface area contributed by atoms with Crippen LogP contribution in [-0.4, -0.2) is 89.7 Å². The number of carbonyl (C=O) groups excluding carboxylic acids is 3. The Hall–Kier alpha value is -4.10. The van der Waals surface area contributed by atoms with Crippen molar-refractivity contribution in [2.24, 2.45) is 12.5 Å². The van der Waals surface area contributed by atoms with Crippen molar-refractivity contribution in [1.29, 1.82) is 0 Å². The average Bonchev–Trinajstić information content (AvgIpc) is 3.12. The van der Waals surface area contributed by atoms with Crippen LogP contribution in [0.15, 0.2) is 51.9 Å². The summed E-state index contributed by atoms with van der Waals surface area (Å²) in [7, 11) is 3.73. The quantitative estimate of drug-likeness (QED) is 0.339. The second-order valence-electron chi connectivity index (χ2n) is 15.4. The highest BCUT2D eigenvalue weighted by Crippen LogP contribution is 2.43. The summed E-state index contributed by atoms with van der Waals surface area (Å²) in [5.74, 6) is -1.40. The van der Waals surface area contributed by atoms with E-state index in [-0.39, 0.29) is 47.0 Å². The van der Waals surface area contributed by atoms with Crippen LogP contribution < -0.4 is 21.1 Å². The number of halogens is 2. The number of anilines is 2. The van der Waals surface area contributed by atoms with Gasteiger partial charge in [0.15, 0.2) is 0 Å². The third-order valence-electron chi connectivity index (χ3n) is 11.9. The molecule has 2 aromatic carbocycles. The second-order valence-corrected chi connectivity index (χ2v) is 16.2. The van der Waals surface area contributed by atoms with Crippen LogP contribution in [0.3, 0.4) is 0 Å². The Bertz CT molecular complexity index is 1890. The number of carbonyl (C=O) groups is 3. The fourth-order valence-electron chi connectivity index (χ4n) is 8.83. The van der Waals surface area contributed by atoms with Gasteiger partial charge in [0.2, 0.25) is 11.8 Å². The van der Waals surface area contributed by atoms with Gasteiger partial charge in [0.1, 0.15) is 10.3 Å². The molecule has 11 nitrogen and oxygen atoms in total. The first-order chi connectivity index (χ1) is 24.9. The van der Waals surface area contributed by atoms with Crippen molar-refractivity contribution in [3.8, 4) is 0 Å². The molecule has 2 N–H and O–H groups in total. The van der Waals surface area contributed by atoms with Gasteiger partial charge in [-0.25, -0.2) is 9.07 Å². The van der Waals surface area contributed by atoms with Crippen molar-refractivity contribution in [2.75, 3.05) is 56.5 Å². The fourth-order valence-corrected chi connectivity index (χ4v) is 9.30. The van der Waals surface area contributed by atoms with Crippen molar-refractivity contribution >= 4 is 45.0 Å². The van der Waals surface area contributed by atoms with E-state index in [9.17, 15) is 19.2 Å². The number of amides is 3. The molecular formula is C39H47BrFN7O4. The molecule has 5 heterocycles. The number of hydrogen-bond acceptors (Lipinski definition) is 8. The molecule has 1 aromatic heterocycles. The molecule has 0 bridgehead atoms. The number of nitrogens with one attached hydrogen (secondary N) is 2. The Morgan fingerprint density at radius 2 is 1.69 bits per heavy atom. The van der Waals surface area contributed by atoms with Crippen molar-refractivity contribution in [3.63, 3.8) is 0 Å². The molecule has 13 heteroatoms. The Balaban J connectivity index is 0.921. The minimum Gasteiger partial charge on any atom is -0.379 e. The van der Waals surface area contributed by atoms with E-state index in [0.29, 0.717) is 27.7 Å². The van der Waals surface area contributed by atoms with Gasteiger partial charge in [0.05, 0.1) is 17.8 Å². The summed E-state index contributed by atoms with van der Waals surface area (Å²) >= 11 is 3.42. The standard InChI is InChI=1S/C39H47BrFN7O4/c1-24-18-29(20-31(41)34(24)30-8-9-33(49)44-36(30)50)47-14-10-39(11-15-47)12-16-48(17-13-39)37(51)26-6-4-25(5-7-26)27-19-28(23-45(2)22-27)43-32-21-42-46(3)38(52)35(32)40/h4-7,18,20-21,27-28,30,43H,8-17,19,22-23H2,1-3H3,(H,44,49,50). The smallest absolute Gasteiger partial charge is 0.282 e. The van der Waals surface area contributed by atoms with E-state index in [4.69, 9.17) is 0 Å². The number of likely N-dealkylation sites (tertiary alicyclic amines) is 2. The summed E-state index contributed by atoms with van der Waals surface area (Å²) in [6, 6.07) is 11.8. The third-order valence-corrected chi connectivity index (χ3v) is 12.7. The lowest BCUT2D eigenvalue weighted by atomic mass is 9.71. The zero-order valence-electron chi connectivity index (χ0n) is 30.1. The number of aryl methyl sites for hydroxylation is 2. The predicted molar refractivity (Wildman–Crippen MR) is 201 cm³/mol. The maximum Gasteiger partial charge on any atom is 0.282 e. The van der Waals surface area contributed by atoms with Gasteiger partial charge in [-0.05, 0) is 115 Å². The predicted octanol–water partition coefficient (Wildman–Crippen LogP) is 4.93. The molecule has 3 amide bonds. The van der Waals surface area contributed by atoms with E-state index in [1.54, 1.807) is 19.3 Å². The number of aromatic nitrogens is 2. The van der Waals surface area contributed by atoms with Crippen LogP contribution in [0.2, 0.25) is 0 Å². The van der Waals surface area contributed by atoms with Gasteiger partial charge in [-0.15, -0.1) is 0 Å². The summed E-state index contributed by atoms with van der Waals surface area (Å²) in [6.45, 7) is 6.68. The number of hydrogen-bond donors (Lipinski definition) is 2. The van der Waals surface area contributed by atoms with Crippen LogP contribution in [0.5, 0.6) is 0 Å². The van der Waals surface area contributed by atoms with E-state index in [0.717, 1.165) is 82.6 Å². The van der Waals surface area contributed by atoms with Crippen LogP contribution in [-0.2, 0) is 16.6 Å². The monoisotopic (exact) mass is 775 g/mol. The molecular weight excluding hydrogens is 729 g/mol. The third kappa shape index (κ3) is 7.39. The van der Waals surface area contributed by atoms with Crippen LogP contribution in [0.25, 0.3) is 0 Å². The molecule has 4 saturated heterocycles. The second kappa shape index (κ2) is 14.7. The summed E-state index contributed by atoms with van der Waals surface area (Å²) in [6.07, 6.45) is 7.00. The molecule has 0 saturated carbocycles. The van der Waals surface area contributed by atoms with E-state index in [1.807, 2.05) is 30.0 Å². The van der Waals surface area contributed by atoms with Gasteiger partial charge < -0.3 is 20.0 Å². The highest BCUT2D eigenvalue weighted by atomic mass is 79.9. The molecule has 3 atom stereocenters. The zero-order chi connectivity index (χ0) is 36.7. The Morgan fingerprint density at radius 1 is 1.00 bits per heavy atom. The number of nitrogens with zero attached hydrogens (tertiary/aromatic N) is 5. The molecule has 3 aromatic rings. The van der Waals surface area contributed by atoms with E-state index >= 15 is 4.39 Å². The van der Waals surface area contributed by atoms with Crippen molar-refractivity contribution in [3.05, 3.63) is 85.5 Å². The highest BCUT2D eigenvalue weighted by molar-refractivity contribution is 9.10. The molecule has 3 unspecified atom stereocenters. The van der Waals surface area contributed by atoms with Crippen LogP contribution in [0, 0.1) is 18.2 Å². The maximum absolute atomic E-state index is 15.4. The van der Waals surface area contributed by atoms with Gasteiger partial charge in [-0.2, -0.15) is 5.10 Å². The topological polar surface area (TPSA) is 120 Å². The molecule has 4 fully saturated rings. The van der Waals surface area contributed by atoms with Crippen molar-refractivity contribution < 1.29 is 18.8 Å². The summed E-state index contributed by atoms with van der Waals surface area (Å²) in [5.41, 5.74) is 4.55. The highest BCUT2D eigenvalue weighted by Gasteiger charge is 2.39. The first-order valence-electron chi connectivity index (χ1n) is 18.3. The van der Waals surface area contributed by atoms with Crippen LogP contribution in [0.1, 0.15) is 83.8 Å². The normalized spacial score (nSPS) is 23.8. The lowest BCUT2D eigenvalue weighted by Crippen LogP contribution is -2.48. The first kappa shape index (κ1) is 36.3. The van der Waals surface area contributed by atoms with Crippen LogP contribution >= 0.6 is 15.9 Å². The number of imide groups is 1. The molecule has 7 rings (SSSR count). The largest absolute Gasteiger partial charge is 0.379 e. The minimum atomic E-state index is -0.641. The molecule has 0 aliphatic carbocycles. The van der Waals surface area contributed by atoms with Gasteiger partial charge in [-0.3, -0.25) is 24.5 Å². The SMILES string of the molecule is Cc1cc(N2CCC3(CCN(C(=O)c4ccc(C5CC(Nc6cnn(C)c(=O)c6Br)CN(C)C5)cc4)CC3)CC2)cc(F)c1C1CCC(=O)NC1=O. The summed E-state index contributed by atoms with van der Waals surface area (Å²) in [4.78, 5) is 56.5. The Labute approximate surface area is 312 Å². The Kier molecular flexibility index (Phi) is 10.3. The molecule has 276 valence electrons. The lowest BCUT2D eigenvalue weighted by Gasteiger charge is -2.47. The average molecular weight is 777 g/mol. The summed E-state index contributed by atoms with van der Waals surface area (Å²) < 4.78 is 17.2. The summed E-state index contributed by atoms with van der Waals surface area (Å²) in [5, 5.41) is 10.0. The molecule has 0 radical (unpaired) electrons. The number of rotatable bonds is 6. The van der Waals surface area contributed by atoms with E-state index in [2.05, 4.69) is 60.6 Å². The van der Waals surface area contributed by atoms with E-state index < -0.39 is 11.8 Å². The zero-order valence-corrected chi connectivity index (χ0v) is 31.7. The maximum atomic E-state index is 15.4. The number of piperidine rings is 4. The van der Waals surface area contributed by atoms with Gasteiger partial charge in [0.25, 0.3) is 11.5 Å². The molecule has 4 aliphatic heterocycles. The van der Waals surface area contributed by atoms with E-state index in [1.165, 1.54) is 10.2 Å². The van der Waals surface area contributed by atoms with Gasteiger partial charge in [0, 0.05) is 75.6 Å². The Morgan fingerprint density at radius 3 is 2.37 bits per heavy atom. The molecule has 1 spiro atoms. The first-order valence-corrected chi connectivity index (χ1v) is 19.1. The number of likely N-dealkylation sites (N-methyl/N-ethyl adjacent to an activating group) is 1. The van der Waals surface area contributed by atoms with Crippen molar-refractivity contribution in [1.82, 2.24) is 24.9 Å². The molecule has 4 aliphatic rings. The molecule has 52 heavy (non-hydrogen) atoms. The van der Waals surface area contributed by atoms with Gasteiger partial charge >= 0.3 is 0 Å².